The van der Waals surface area contributed by atoms with Crippen molar-refractivity contribution in [1.82, 2.24) is 29.6 Å². The molecule has 0 saturated heterocycles. The van der Waals surface area contributed by atoms with Crippen molar-refractivity contribution in [2.75, 3.05) is 6.54 Å². The first-order valence-corrected chi connectivity index (χ1v) is 11.1. The molecule has 5 rings (SSSR count). The molecule has 1 amide bonds. The van der Waals surface area contributed by atoms with Crippen molar-refractivity contribution in [3.05, 3.63) is 75.1 Å². The highest BCUT2D eigenvalue weighted by Gasteiger charge is 2.24. The van der Waals surface area contributed by atoms with E-state index in [1.54, 1.807) is 59.3 Å². The number of amides is 1. The van der Waals surface area contributed by atoms with E-state index < -0.39 is 0 Å². The van der Waals surface area contributed by atoms with Crippen LogP contribution in [0.15, 0.2) is 51.9 Å². The Labute approximate surface area is 199 Å². The summed E-state index contributed by atoms with van der Waals surface area (Å²) in [4.78, 5) is 39.9. The second-order valence-corrected chi connectivity index (χ2v) is 8.37. The summed E-state index contributed by atoms with van der Waals surface area (Å²) < 4.78 is 7.17. The molecule has 4 aromatic heterocycles. The second-order valence-electron chi connectivity index (χ2n) is 7.93. The Bertz CT molecular complexity index is 1600. The molecule has 9 nitrogen and oxygen atoms in total. The number of carbonyl (C=O) groups excluding carboxylic acids is 1. The lowest BCUT2D eigenvalue weighted by Crippen LogP contribution is -2.32. The van der Waals surface area contributed by atoms with Crippen LogP contribution in [0.5, 0.6) is 0 Å². The van der Waals surface area contributed by atoms with Crippen molar-refractivity contribution in [1.29, 1.82) is 0 Å². The lowest BCUT2D eigenvalue weighted by atomic mass is 10.1. The fourth-order valence-electron chi connectivity index (χ4n) is 4.08. The minimum absolute atomic E-state index is 0.117. The average Bonchev–Trinajstić information content (AvgIpc) is 3.45. The summed E-state index contributed by atoms with van der Waals surface area (Å²) in [5, 5.41) is 6.05. The van der Waals surface area contributed by atoms with E-state index >= 15 is 0 Å². The van der Waals surface area contributed by atoms with Gasteiger partial charge in [0.2, 0.25) is 0 Å². The molecule has 4 heterocycles. The molecule has 0 aliphatic rings. The summed E-state index contributed by atoms with van der Waals surface area (Å²) in [7, 11) is 1.79. The summed E-state index contributed by atoms with van der Waals surface area (Å²) in [5.74, 6) is 0.692. The minimum atomic E-state index is -0.283. The molecule has 10 heteroatoms. The molecule has 0 aliphatic carbocycles. The van der Waals surface area contributed by atoms with E-state index in [9.17, 15) is 9.59 Å². The summed E-state index contributed by atoms with van der Waals surface area (Å²) in [6.07, 6.45) is 1.56. The molecule has 0 bridgehead atoms. The topological polar surface area (TPSA) is 110 Å². The number of aromatic nitrogens is 5. The maximum absolute atomic E-state index is 13.8. The third kappa shape index (κ3) is 3.73. The Balaban J connectivity index is 1.59. The van der Waals surface area contributed by atoms with Crippen LogP contribution in [0.2, 0.25) is 5.02 Å². The van der Waals surface area contributed by atoms with Gasteiger partial charge in [-0.2, -0.15) is 5.10 Å². The van der Waals surface area contributed by atoms with Crippen LogP contribution in [0.4, 0.5) is 0 Å². The molecule has 0 unspecified atom stereocenters. The van der Waals surface area contributed by atoms with Gasteiger partial charge in [0.1, 0.15) is 11.5 Å². The van der Waals surface area contributed by atoms with Crippen LogP contribution in [0.1, 0.15) is 28.8 Å². The number of nitrogens with one attached hydrogen (secondary N) is 1. The summed E-state index contributed by atoms with van der Waals surface area (Å²) in [6.45, 7) is 4.23. The fourth-order valence-corrected chi connectivity index (χ4v) is 4.24. The largest absolute Gasteiger partial charge is 0.463 e. The zero-order chi connectivity index (χ0) is 24.0. The van der Waals surface area contributed by atoms with Crippen LogP contribution in [-0.2, 0) is 13.6 Å². The standard InChI is InChI=1S/C24H21ClN6O3/c1-4-31(12-20-26-17-10-14(25)7-8-15(17)23(32)28-20)24(33)16-11-18(19-6-5-9-34-19)27-22-21(16)13(2)29-30(22)3/h5-11H,4,12H2,1-3H3,(H,26,28,32). The lowest BCUT2D eigenvalue weighted by Gasteiger charge is -2.21. The SMILES string of the molecule is CCN(Cc1nc2cc(Cl)ccc2c(=O)[nH]1)C(=O)c1cc(-c2ccco2)nc2c1c(C)nn2C. The van der Waals surface area contributed by atoms with Crippen molar-refractivity contribution in [3.8, 4) is 11.5 Å². The molecule has 172 valence electrons. The zero-order valence-electron chi connectivity index (χ0n) is 18.8. The number of H-pyrrole nitrogens is 1. The van der Waals surface area contributed by atoms with E-state index in [-0.39, 0.29) is 18.0 Å². The number of fused-ring (bicyclic) bond motifs is 2. The minimum Gasteiger partial charge on any atom is -0.463 e. The molecule has 1 aromatic carbocycles. The number of benzene rings is 1. The van der Waals surface area contributed by atoms with Crippen LogP contribution in [-0.4, -0.2) is 42.1 Å². The maximum Gasteiger partial charge on any atom is 0.258 e. The van der Waals surface area contributed by atoms with Crippen molar-refractivity contribution in [2.45, 2.75) is 20.4 Å². The van der Waals surface area contributed by atoms with Crippen LogP contribution in [0, 0.1) is 6.92 Å². The van der Waals surface area contributed by atoms with Crippen LogP contribution < -0.4 is 5.56 Å². The summed E-state index contributed by atoms with van der Waals surface area (Å²) in [5.41, 5.74) is 2.46. The van der Waals surface area contributed by atoms with Crippen LogP contribution in [0.25, 0.3) is 33.4 Å². The number of nitrogens with zero attached hydrogens (tertiary/aromatic N) is 5. The Morgan fingerprint density at radius 1 is 1.24 bits per heavy atom. The molecule has 0 spiro atoms. The monoisotopic (exact) mass is 476 g/mol. The highest BCUT2D eigenvalue weighted by atomic mass is 35.5. The highest BCUT2D eigenvalue weighted by molar-refractivity contribution is 6.31. The number of rotatable bonds is 5. The smallest absolute Gasteiger partial charge is 0.258 e. The number of aryl methyl sites for hydroxylation is 2. The van der Waals surface area contributed by atoms with Gasteiger partial charge < -0.3 is 14.3 Å². The van der Waals surface area contributed by atoms with Gasteiger partial charge in [0, 0.05) is 18.6 Å². The molecule has 0 atom stereocenters. The molecule has 0 radical (unpaired) electrons. The van der Waals surface area contributed by atoms with Crippen LogP contribution in [0.3, 0.4) is 0 Å². The van der Waals surface area contributed by atoms with Gasteiger partial charge in [0.05, 0.1) is 40.4 Å². The first kappa shape index (κ1) is 21.8. The van der Waals surface area contributed by atoms with Crippen molar-refractivity contribution in [2.24, 2.45) is 7.05 Å². The van der Waals surface area contributed by atoms with Gasteiger partial charge in [-0.25, -0.2) is 9.97 Å². The fraction of sp³-hybridized carbons (Fsp3) is 0.208. The van der Waals surface area contributed by atoms with Crippen molar-refractivity contribution >= 4 is 39.4 Å². The molecule has 34 heavy (non-hydrogen) atoms. The van der Waals surface area contributed by atoms with Gasteiger partial charge in [-0.15, -0.1) is 0 Å². The first-order chi connectivity index (χ1) is 16.4. The van der Waals surface area contributed by atoms with Gasteiger partial charge in [-0.1, -0.05) is 11.6 Å². The van der Waals surface area contributed by atoms with E-state index in [1.165, 1.54) is 0 Å². The molecular formula is C24H21ClN6O3. The predicted molar refractivity (Wildman–Crippen MR) is 129 cm³/mol. The number of aromatic amines is 1. The number of carbonyl (C=O) groups is 1. The van der Waals surface area contributed by atoms with Crippen LogP contribution >= 0.6 is 11.6 Å². The van der Waals surface area contributed by atoms with Gasteiger partial charge in [0.15, 0.2) is 11.4 Å². The Hall–Kier alpha value is -3.98. The zero-order valence-corrected chi connectivity index (χ0v) is 19.6. The number of pyridine rings is 1. The predicted octanol–water partition coefficient (Wildman–Crippen LogP) is 4.09. The third-order valence-electron chi connectivity index (χ3n) is 5.70. The van der Waals surface area contributed by atoms with E-state index in [1.807, 2.05) is 13.8 Å². The summed E-state index contributed by atoms with van der Waals surface area (Å²) >= 11 is 6.08. The van der Waals surface area contributed by atoms with E-state index in [0.717, 1.165) is 0 Å². The normalized spacial score (nSPS) is 11.4. The molecule has 0 fully saturated rings. The van der Waals surface area contributed by atoms with Gasteiger partial charge in [-0.05, 0) is 50.2 Å². The number of furan rings is 1. The van der Waals surface area contributed by atoms with Crippen molar-refractivity contribution in [3.63, 3.8) is 0 Å². The highest BCUT2D eigenvalue weighted by Crippen LogP contribution is 2.28. The average molecular weight is 477 g/mol. The number of halogens is 1. The quantitative estimate of drug-likeness (QED) is 0.409. The second kappa shape index (κ2) is 8.42. The molecular weight excluding hydrogens is 456 g/mol. The first-order valence-electron chi connectivity index (χ1n) is 10.7. The van der Waals surface area contributed by atoms with Gasteiger partial charge in [0.25, 0.3) is 11.5 Å². The van der Waals surface area contributed by atoms with E-state index in [2.05, 4.69) is 20.1 Å². The van der Waals surface area contributed by atoms with Crippen molar-refractivity contribution < 1.29 is 9.21 Å². The Kier molecular flexibility index (Phi) is 5.41. The maximum atomic E-state index is 13.8. The molecule has 1 N–H and O–H groups in total. The third-order valence-corrected chi connectivity index (χ3v) is 5.94. The molecule has 0 aliphatic heterocycles. The summed E-state index contributed by atoms with van der Waals surface area (Å²) in [6, 6.07) is 10.2. The number of hydrogen-bond donors (Lipinski definition) is 1. The van der Waals surface area contributed by atoms with Gasteiger partial charge >= 0.3 is 0 Å². The van der Waals surface area contributed by atoms with E-state index in [0.29, 0.717) is 62.0 Å². The lowest BCUT2D eigenvalue weighted by molar-refractivity contribution is 0.0750. The molecule has 5 aromatic rings. The van der Waals surface area contributed by atoms with Gasteiger partial charge in [-0.3, -0.25) is 14.3 Å². The molecule has 0 saturated carbocycles. The Morgan fingerprint density at radius 2 is 2.06 bits per heavy atom. The number of hydrogen-bond acceptors (Lipinski definition) is 6. The Morgan fingerprint density at radius 3 is 2.79 bits per heavy atom. The van der Waals surface area contributed by atoms with E-state index in [4.69, 9.17) is 16.0 Å².